The molecule has 3 rings (SSSR count). The number of carbonyl (C=O) groups is 2. The van der Waals surface area contributed by atoms with E-state index in [9.17, 15) is 9.59 Å². The highest BCUT2D eigenvalue weighted by molar-refractivity contribution is 7.10. The van der Waals surface area contributed by atoms with Gasteiger partial charge in [-0.25, -0.2) is 9.78 Å². The van der Waals surface area contributed by atoms with Crippen LogP contribution in [0.2, 0.25) is 0 Å². The van der Waals surface area contributed by atoms with Gasteiger partial charge in [0.2, 0.25) is 5.91 Å². The Labute approximate surface area is 144 Å². The smallest absolute Gasteiger partial charge is 0.312 e. The highest BCUT2D eigenvalue weighted by Gasteiger charge is 2.27. The first kappa shape index (κ1) is 16.5. The van der Waals surface area contributed by atoms with Crippen LogP contribution >= 0.6 is 11.3 Å². The lowest BCUT2D eigenvalue weighted by molar-refractivity contribution is -0.133. The highest BCUT2D eigenvalue weighted by atomic mass is 32.1. The molecule has 0 spiro atoms. The van der Waals surface area contributed by atoms with Crippen LogP contribution in [0.3, 0.4) is 0 Å². The first-order chi connectivity index (χ1) is 11.6. The zero-order valence-corrected chi connectivity index (χ0v) is 14.1. The number of likely N-dealkylation sites (tertiary alicyclic amines) is 1. The molecule has 0 bridgehead atoms. The molecule has 0 aliphatic carbocycles. The number of hydrogen-bond donors (Lipinski definition) is 2. The van der Waals surface area contributed by atoms with Gasteiger partial charge in [-0.3, -0.25) is 4.79 Å². The molecule has 0 saturated carbocycles. The van der Waals surface area contributed by atoms with Gasteiger partial charge in [0.1, 0.15) is 0 Å². The molecular weight excluding hydrogens is 326 g/mol. The maximum Gasteiger partial charge on any atom is 0.312 e. The van der Waals surface area contributed by atoms with Crippen molar-refractivity contribution in [2.45, 2.75) is 31.3 Å². The molecule has 0 radical (unpaired) electrons. The van der Waals surface area contributed by atoms with Crippen molar-refractivity contribution in [2.24, 2.45) is 5.73 Å². The normalized spacial score (nSPS) is 19.0. The lowest BCUT2D eigenvalue weighted by atomic mass is 10.0. The maximum absolute atomic E-state index is 12.7. The number of aromatic nitrogens is 2. The van der Waals surface area contributed by atoms with E-state index in [-0.39, 0.29) is 24.4 Å². The first-order valence-electron chi connectivity index (χ1n) is 7.98. The SMILES string of the molecule is NC(=O)N[C@@H](CC(=O)N1CCC[C@@H](n2ccnc2)C1)c1cccs1. The van der Waals surface area contributed by atoms with Gasteiger partial charge in [0.15, 0.2) is 0 Å². The lowest BCUT2D eigenvalue weighted by Crippen LogP contribution is -2.43. The molecule has 2 aromatic heterocycles. The fraction of sp³-hybridized carbons (Fsp3) is 0.438. The fourth-order valence-corrected chi connectivity index (χ4v) is 3.88. The van der Waals surface area contributed by atoms with E-state index in [1.54, 1.807) is 12.5 Å². The molecule has 24 heavy (non-hydrogen) atoms. The summed E-state index contributed by atoms with van der Waals surface area (Å²) >= 11 is 1.51. The lowest BCUT2D eigenvalue weighted by Gasteiger charge is -2.34. The van der Waals surface area contributed by atoms with Crippen molar-refractivity contribution in [1.29, 1.82) is 0 Å². The van der Waals surface area contributed by atoms with E-state index >= 15 is 0 Å². The Balaban J connectivity index is 1.65. The van der Waals surface area contributed by atoms with Crippen LogP contribution in [0.15, 0.2) is 36.2 Å². The molecule has 128 valence electrons. The van der Waals surface area contributed by atoms with E-state index in [2.05, 4.69) is 14.9 Å². The Morgan fingerprint density at radius 2 is 2.38 bits per heavy atom. The number of carbonyl (C=O) groups excluding carboxylic acids is 2. The van der Waals surface area contributed by atoms with Crippen LogP contribution in [0.25, 0.3) is 0 Å². The van der Waals surface area contributed by atoms with Crippen molar-refractivity contribution in [3.63, 3.8) is 0 Å². The summed E-state index contributed by atoms with van der Waals surface area (Å²) in [6, 6.07) is 3.08. The number of hydrogen-bond acceptors (Lipinski definition) is 4. The van der Waals surface area contributed by atoms with Gasteiger partial charge in [-0.1, -0.05) is 6.07 Å². The number of nitrogens with one attached hydrogen (secondary N) is 1. The third kappa shape index (κ3) is 3.94. The Bertz CT molecular complexity index is 671. The Hall–Kier alpha value is -2.35. The van der Waals surface area contributed by atoms with Crippen molar-refractivity contribution in [1.82, 2.24) is 19.8 Å². The Kier molecular flexibility index (Phi) is 5.14. The second kappa shape index (κ2) is 7.48. The summed E-state index contributed by atoms with van der Waals surface area (Å²) in [6.07, 6.45) is 7.70. The molecule has 1 aliphatic heterocycles. The van der Waals surface area contributed by atoms with Crippen LogP contribution < -0.4 is 11.1 Å². The number of rotatable bonds is 5. The topological polar surface area (TPSA) is 93.2 Å². The van der Waals surface area contributed by atoms with Crippen LogP contribution in [0.1, 0.15) is 36.2 Å². The number of thiophene rings is 1. The van der Waals surface area contributed by atoms with Gasteiger partial charge in [0, 0.05) is 30.4 Å². The number of imidazole rings is 1. The zero-order chi connectivity index (χ0) is 16.9. The van der Waals surface area contributed by atoms with Crippen LogP contribution in [-0.2, 0) is 4.79 Å². The van der Waals surface area contributed by atoms with Gasteiger partial charge in [0.25, 0.3) is 0 Å². The molecule has 0 unspecified atom stereocenters. The van der Waals surface area contributed by atoms with Gasteiger partial charge < -0.3 is 20.5 Å². The number of urea groups is 1. The second-order valence-electron chi connectivity index (χ2n) is 5.93. The van der Waals surface area contributed by atoms with E-state index in [0.717, 1.165) is 24.3 Å². The zero-order valence-electron chi connectivity index (χ0n) is 13.3. The average molecular weight is 347 g/mol. The van der Waals surface area contributed by atoms with Crippen LogP contribution in [0.4, 0.5) is 4.79 Å². The Morgan fingerprint density at radius 3 is 3.04 bits per heavy atom. The largest absolute Gasteiger partial charge is 0.352 e. The van der Waals surface area contributed by atoms with Crippen LogP contribution in [0.5, 0.6) is 0 Å². The molecule has 1 aliphatic rings. The van der Waals surface area contributed by atoms with E-state index < -0.39 is 6.03 Å². The summed E-state index contributed by atoms with van der Waals surface area (Å²) in [5.74, 6) is 0.0342. The van der Waals surface area contributed by atoms with Gasteiger partial charge in [-0.15, -0.1) is 11.3 Å². The van der Waals surface area contributed by atoms with Crippen molar-refractivity contribution in [2.75, 3.05) is 13.1 Å². The minimum atomic E-state index is -0.615. The quantitative estimate of drug-likeness (QED) is 0.865. The molecule has 1 saturated heterocycles. The standard InChI is InChI=1S/C16H21N5O2S/c17-16(23)19-13(14-4-2-8-24-14)9-15(22)20-6-1-3-12(10-20)21-7-5-18-11-21/h2,4-5,7-8,11-13H,1,3,6,9-10H2,(H3,17,19,23)/t12-,13+/m1/s1. The van der Waals surface area contributed by atoms with Crippen molar-refractivity contribution in [3.05, 3.63) is 41.1 Å². The average Bonchev–Trinajstić information content (AvgIpc) is 3.27. The third-order valence-electron chi connectivity index (χ3n) is 4.28. The van der Waals surface area contributed by atoms with Gasteiger partial charge in [-0.2, -0.15) is 0 Å². The molecule has 3 N–H and O–H groups in total. The predicted octanol–water partition coefficient (Wildman–Crippen LogP) is 1.91. The third-order valence-corrected chi connectivity index (χ3v) is 5.26. The maximum atomic E-state index is 12.7. The molecular formula is C16H21N5O2S. The fourth-order valence-electron chi connectivity index (χ4n) is 3.10. The molecule has 1 fully saturated rings. The molecule has 8 heteroatoms. The summed E-state index contributed by atoms with van der Waals surface area (Å²) in [5.41, 5.74) is 5.26. The molecule has 7 nitrogen and oxygen atoms in total. The summed E-state index contributed by atoms with van der Waals surface area (Å²) in [5, 5.41) is 4.60. The van der Waals surface area contributed by atoms with Crippen molar-refractivity contribution in [3.8, 4) is 0 Å². The molecule has 3 amide bonds. The van der Waals surface area contributed by atoms with Gasteiger partial charge >= 0.3 is 6.03 Å². The van der Waals surface area contributed by atoms with E-state index in [0.29, 0.717) is 6.54 Å². The summed E-state index contributed by atoms with van der Waals surface area (Å²) < 4.78 is 2.05. The van der Waals surface area contributed by atoms with Crippen molar-refractivity contribution < 1.29 is 9.59 Å². The van der Waals surface area contributed by atoms with E-state index in [4.69, 9.17) is 5.73 Å². The minimum Gasteiger partial charge on any atom is -0.352 e. The van der Waals surface area contributed by atoms with Crippen LogP contribution in [-0.4, -0.2) is 39.5 Å². The van der Waals surface area contributed by atoms with Crippen molar-refractivity contribution >= 4 is 23.3 Å². The number of amides is 3. The van der Waals surface area contributed by atoms with E-state index in [1.165, 1.54) is 11.3 Å². The number of piperidine rings is 1. The summed E-state index contributed by atoms with van der Waals surface area (Å²) in [6.45, 7) is 1.42. The predicted molar refractivity (Wildman–Crippen MR) is 91.5 cm³/mol. The molecule has 2 aromatic rings. The molecule has 0 aromatic carbocycles. The second-order valence-corrected chi connectivity index (χ2v) is 6.91. The first-order valence-corrected chi connectivity index (χ1v) is 8.86. The molecule has 3 heterocycles. The number of nitrogens with two attached hydrogens (primary N) is 1. The van der Waals surface area contributed by atoms with Gasteiger partial charge in [-0.05, 0) is 24.3 Å². The number of primary amides is 1. The Morgan fingerprint density at radius 1 is 1.50 bits per heavy atom. The summed E-state index contributed by atoms with van der Waals surface area (Å²) in [7, 11) is 0. The highest BCUT2D eigenvalue weighted by Crippen LogP contribution is 2.26. The molecule has 2 atom stereocenters. The summed E-state index contributed by atoms with van der Waals surface area (Å²) in [4.78, 5) is 30.9. The van der Waals surface area contributed by atoms with Gasteiger partial charge in [0.05, 0.1) is 24.8 Å². The monoisotopic (exact) mass is 347 g/mol. The van der Waals surface area contributed by atoms with E-state index in [1.807, 2.05) is 28.6 Å². The number of nitrogens with zero attached hydrogens (tertiary/aromatic N) is 3. The van der Waals surface area contributed by atoms with Crippen LogP contribution in [0, 0.1) is 0 Å². The minimum absolute atomic E-state index is 0.0342.